The number of hydrogen-bond acceptors (Lipinski definition) is 0. The first-order valence-corrected chi connectivity index (χ1v) is 15.9. The molecule has 7 aromatic rings. The number of aryl methyl sites for hydroxylation is 1. The summed E-state index contributed by atoms with van der Waals surface area (Å²) < 4.78 is 0. The van der Waals surface area contributed by atoms with Crippen LogP contribution in [0.15, 0.2) is 127 Å². The Bertz CT molecular complexity index is 1710. The molecule has 0 nitrogen and oxygen atoms in total. The van der Waals surface area contributed by atoms with E-state index in [-0.39, 0.29) is 39.7 Å². The summed E-state index contributed by atoms with van der Waals surface area (Å²) in [5.74, 6) is 0. The minimum atomic E-state index is 0. The maximum atomic E-state index is 3.06. The molecule has 0 N–H and O–H groups in total. The van der Waals surface area contributed by atoms with Crippen LogP contribution in [0.25, 0.3) is 54.2 Å². The topological polar surface area (TPSA) is 0 Å². The molecule has 39 heavy (non-hydrogen) atoms. The molecule has 7 rings (SSSR count). The summed E-state index contributed by atoms with van der Waals surface area (Å²) in [6.07, 6.45) is 0. The molecule has 0 heterocycles. The van der Waals surface area contributed by atoms with Gasteiger partial charge in [0.15, 0.2) is 0 Å². The summed E-state index contributed by atoms with van der Waals surface area (Å²) in [5, 5.41) is 10.7. The van der Waals surface area contributed by atoms with Crippen molar-refractivity contribution in [1.29, 1.82) is 0 Å². The zero-order valence-electron chi connectivity index (χ0n) is 22.4. The molecule has 0 aromatic heterocycles. The van der Waals surface area contributed by atoms with Gasteiger partial charge in [-0.15, -0.1) is 99.1 Å². The van der Waals surface area contributed by atoms with Crippen molar-refractivity contribution in [3.8, 4) is 11.1 Å². The van der Waals surface area contributed by atoms with Crippen molar-refractivity contribution in [2.45, 2.75) is 6.92 Å². The quantitative estimate of drug-likeness (QED) is 0.123. The summed E-state index contributed by atoms with van der Waals surface area (Å²) in [6, 6.07) is 45.5. The zero-order chi connectivity index (χ0) is 24.2. The number of rotatable bonds is 1. The van der Waals surface area contributed by atoms with Gasteiger partial charge in [-0.1, -0.05) is 97.4 Å². The Morgan fingerprint density at radius 1 is 0.487 bits per heavy atom. The van der Waals surface area contributed by atoms with Crippen LogP contribution in [0, 0.1) is 21.8 Å². The normalized spacial score (nSPS) is 9.54. The monoisotopic (exact) mass is 640 g/mol. The maximum Gasteiger partial charge on any atom is -0.0771 e. The van der Waals surface area contributed by atoms with E-state index in [2.05, 4.69) is 141 Å². The molecular weight excluding hydrogens is 611 g/mol. The van der Waals surface area contributed by atoms with Crippen molar-refractivity contribution in [3.05, 3.63) is 148 Å². The molecule has 7 aromatic carbocycles. The minimum absolute atomic E-state index is 0. The number of benzene rings is 5. The third-order valence-corrected chi connectivity index (χ3v) is 6.50. The summed E-state index contributed by atoms with van der Waals surface area (Å²) in [4.78, 5) is 0. The molecule has 0 spiro atoms. The second-order valence-corrected chi connectivity index (χ2v) is 8.69. The Morgan fingerprint density at radius 2 is 0.897 bits per heavy atom. The van der Waals surface area contributed by atoms with Crippen LogP contribution in [-0.4, -0.2) is 6.88 Å². The second-order valence-electron chi connectivity index (χ2n) is 8.69. The van der Waals surface area contributed by atoms with Crippen molar-refractivity contribution in [3.63, 3.8) is 0 Å². The standard InChI is InChI=1S/C20H15.C13H9.2CH3.2ClH.Si.Zr/c1-14-12-16-8-5-11-19(20(16)13-14)18-10-4-7-15-6-2-3-9-17(15)18;1-3-7-12-10(5-1)9-11-6-2-4-8-13(11)12;;;;;;/h2-13H,1H3;1-9H;2*1H3;2*1H;;/q4*-1;;;;. The van der Waals surface area contributed by atoms with Crippen molar-refractivity contribution in [1.82, 2.24) is 0 Å². The minimum Gasteiger partial charge on any atom is -0.126 e. The molecule has 0 atom stereocenters. The van der Waals surface area contributed by atoms with E-state index in [1.54, 1.807) is 0 Å². The molecule has 198 valence electrons. The molecule has 0 aliphatic carbocycles. The van der Waals surface area contributed by atoms with E-state index in [0.717, 1.165) is 0 Å². The van der Waals surface area contributed by atoms with Gasteiger partial charge in [0, 0.05) is 0 Å². The predicted molar refractivity (Wildman–Crippen MR) is 177 cm³/mol. The van der Waals surface area contributed by atoms with Crippen molar-refractivity contribution >= 4 is 74.8 Å². The van der Waals surface area contributed by atoms with Crippen LogP contribution < -0.4 is 0 Å². The van der Waals surface area contributed by atoms with E-state index < -0.39 is 0 Å². The van der Waals surface area contributed by atoms with Crippen molar-refractivity contribution in [2.75, 3.05) is 0 Å². The third kappa shape index (κ3) is 7.19. The SMILES string of the molecule is Cc1cc2c(-c3cccc4ccccc34)cccc2[cH-]1.Cl.Cl.[CH3-].[CH3-].[Si]=[Zr].c1ccc2c(c1)[cH-]c1ccccc12. The van der Waals surface area contributed by atoms with Crippen molar-refractivity contribution < 1.29 is 23.3 Å². The Labute approximate surface area is 262 Å². The molecule has 0 unspecified atom stereocenters. The van der Waals surface area contributed by atoms with Gasteiger partial charge in [-0.05, 0) is 16.3 Å². The molecule has 4 heteroatoms. The van der Waals surface area contributed by atoms with Crippen LogP contribution in [-0.2, 0) is 23.3 Å². The van der Waals surface area contributed by atoms with Gasteiger partial charge in [-0.2, -0.15) is 6.07 Å². The van der Waals surface area contributed by atoms with E-state index >= 15 is 0 Å². The third-order valence-electron chi connectivity index (χ3n) is 6.50. The predicted octanol–water partition coefficient (Wildman–Crippen LogP) is 10.8. The van der Waals surface area contributed by atoms with E-state index in [1.807, 2.05) is 0 Å². The molecule has 2 radical (unpaired) electrons. The van der Waals surface area contributed by atoms with Crippen LogP contribution in [0.2, 0.25) is 0 Å². The Balaban J connectivity index is 0.000000354. The van der Waals surface area contributed by atoms with E-state index in [1.165, 1.54) is 83.1 Å². The summed E-state index contributed by atoms with van der Waals surface area (Å²) >= 11 is 1.36. The summed E-state index contributed by atoms with van der Waals surface area (Å²) in [5.41, 5.74) is 3.97. The fourth-order valence-electron chi connectivity index (χ4n) is 4.98. The zero-order valence-corrected chi connectivity index (χ0v) is 27.5. The largest absolute Gasteiger partial charge is 0.126 e. The van der Waals surface area contributed by atoms with Crippen LogP contribution in [0.1, 0.15) is 5.56 Å². The summed E-state index contributed by atoms with van der Waals surface area (Å²) in [6.45, 7) is 5.22. The molecule has 0 amide bonds. The summed E-state index contributed by atoms with van der Waals surface area (Å²) in [7, 11) is 0. The fourth-order valence-corrected chi connectivity index (χ4v) is 4.98. The van der Waals surface area contributed by atoms with Crippen LogP contribution in [0.5, 0.6) is 0 Å². The smallest absolute Gasteiger partial charge is 0.0771 e. The second kappa shape index (κ2) is 15.9. The number of hydrogen-bond donors (Lipinski definition) is 0. The van der Waals surface area contributed by atoms with Gasteiger partial charge in [-0.3, -0.25) is 0 Å². The van der Waals surface area contributed by atoms with Crippen LogP contribution in [0.4, 0.5) is 0 Å². The molecule has 0 fully saturated rings. The van der Waals surface area contributed by atoms with Gasteiger partial charge in [0.1, 0.15) is 0 Å². The first kappa shape index (κ1) is 34.5. The number of fused-ring (bicyclic) bond motifs is 5. The Hall–Kier alpha value is -2.48. The van der Waals surface area contributed by atoms with Gasteiger partial charge in [0.05, 0.1) is 0 Å². The van der Waals surface area contributed by atoms with Crippen molar-refractivity contribution in [2.24, 2.45) is 0 Å². The van der Waals surface area contributed by atoms with Gasteiger partial charge >= 0.3 is 30.2 Å². The average Bonchev–Trinajstić information content (AvgIpc) is 3.49. The molecular formula is C35H32Cl2SiZr-4. The molecule has 0 aliphatic heterocycles. The molecule has 0 bridgehead atoms. The Morgan fingerprint density at radius 3 is 1.51 bits per heavy atom. The Kier molecular flexibility index (Phi) is 14.1. The fraction of sp³-hybridized carbons (Fsp3) is 0.0286. The number of halogens is 2. The van der Waals surface area contributed by atoms with Gasteiger partial charge in [0.2, 0.25) is 0 Å². The van der Waals surface area contributed by atoms with Gasteiger partial charge < -0.3 is 14.9 Å². The first-order valence-electron chi connectivity index (χ1n) is 11.7. The van der Waals surface area contributed by atoms with Crippen LogP contribution in [0.3, 0.4) is 0 Å². The molecule has 0 saturated heterocycles. The van der Waals surface area contributed by atoms with Gasteiger partial charge in [0.25, 0.3) is 0 Å². The van der Waals surface area contributed by atoms with Gasteiger partial charge in [-0.25, -0.2) is 0 Å². The van der Waals surface area contributed by atoms with E-state index in [9.17, 15) is 0 Å². The van der Waals surface area contributed by atoms with E-state index in [4.69, 9.17) is 0 Å². The molecule has 0 saturated carbocycles. The maximum absolute atomic E-state index is 3.06. The van der Waals surface area contributed by atoms with E-state index in [0.29, 0.717) is 0 Å². The average molecular weight is 643 g/mol. The first-order chi connectivity index (χ1) is 17.3. The molecule has 0 aliphatic rings. The van der Waals surface area contributed by atoms with Crippen LogP contribution >= 0.6 is 24.8 Å².